The molecule has 0 aromatic heterocycles. The Morgan fingerprint density at radius 3 is 2.00 bits per heavy atom. The van der Waals surface area contributed by atoms with Crippen LogP contribution in [-0.4, -0.2) is 17.7 Å². The highest BCUT2D eigenvalue weighted by molar-refractivity contribution is 8.00. The molecule has 4 heteroatoms. The smallest absolute Gasteiger partial charge is 0.171 e. The summed E-state index contributed by atoms with van der Waals surface area (Å²) in [5.41, 5.74) is 0. The van der Waals surface area contributed by atoms with Crippen LogP contribution in [0.3, 0.4) is 0 Å². The van der Waals surface area contributed by atoms with Gasteiger partial charge in [0.05, 0.1) is 5.92 Å². The molecular weight excluding hydrogens is 161 g/mol. The van der Waals surface area contributed by atoms with Gasteiger partial charge in [-0.25, -0.2) is 0 Å². The number of hydrogen-bond acceptors (Lipinski definition) is 1. The molecule has 0 aromatic rings. The van der Waals surface area contributed by atoms with Crippen molar-refractivity contribution in [3.63, 3.8) is 0 Å². The van der Waals surface area contributed by atoms with Gasteiger partial charge in [-0.2, -0.15) is 24.9 Å². The third-order valence-electron chi connectivity index (χ3n) is 1.65. The van der Waals surface area contributed by atoms with E-state index < -0.39 is 12.1 Å². The maximum Gasteiger partial charge on any atom is 0.392 e. The van der Waals surface area contributed by atoms with Crippen molar-refractivity contribution in [1.29, 1.82) is 0 Å². The Morgan fingerprint density at radius 1 is 1.40 bits per heavy atom. The fourth-order valence-corrected chi connectivity index (χ4v) is 1.73. The molecule has 10 heavy (non-hydrogen) atoms. The monoisotopic (exact) mass is 169 g/mol. The van der Waals surface area contributed by atoms with Gasteiger partial charge in [-0.1, -0.05) is 0 Å². The Morgan fingerprint density at radius 2 is 1.90 bits per heavy atom. The molecule has 1 unspecified atom stereocenters. The first-order valence-corrected chi connectivity index (χ1v) is 4.15. The van der Waals surface area contributed by atoms with E-state index in [1.807, 2.05) is 0 Å². The number of halogens is 3. The van der Waals surface area contributed by atoms with E-state index in [-0.39, 0.29) is 5.92 Å². The minimum atomic E-state index is -4.09. The zero-order chi connectivity index (χ0) is 7.78. The van der Waals surface area contributed by atoms with E-state index >= 15 is 0 Å². The third-order valence-corrected chi connectivity index (χ3v) is 2.98. The van der Waals surface area contributed by atoms with Crippen molar-refractivity contribution in [2.45, 2.75) is 6.18 Å². The first-order valence-electron chi connectivity index (χ1n) is 2.99. The van der Waals surface area contributed by atoms with Gasteiger partial charge in [-0.15, -0.1) is 0 Å². The molecular formula is C6H8F3S. The normalized spacial score (nSPS) is 24.0. The predicted octanol–water partition coefficient (Wildman–Crippen LogP) is 2.36. The van der Waals surface area contributed by atoms with Crippen LogP contribution in [-0.2, 0) is 0 Å². The lowest BCUT2D eigenvalue weighted by Crippen LogP contribution is -2.35. The Kier molecular flexibility index (Phi) is 2.18. The van der Waals surface area contributed by atoms with Crippen LogP contribution in [0.2, 0.25) is 0 Å². The van der Waals surface area contributed by atoms with Crippen molar-refractivity contribution in [3.05, 3.63) is 6.92 Å². The summed E-state index contributed by atoms with van der Waals surface area (Å²) < 4.78 is 35.5. The number of alkyl halides is 3. The van der Waals surface area contributed by atoms with E-state index in [0.717, 1.165) is 0 Å². The summed E-state index contributed by atoms with van der Waals surface area (Å²) in [7, 11) is 0. The first kappa shape index (κ1) is 8.24. The fraction of sp³-hybridized carbons (Fsp3) is 0.833. The second kappa shape index (κ2) is 2.64. The van der Waals surface area contributed by atoms with Crippen LogP contribution in [0.1, 0.15) is 0 Å². The maximum absolute atomic E-state index is 11.8. The minimum Gasteiger partial charge on any atom is -0.171 e. The van der Waals surface area contributed by atoms with Gasteiger partial charge in [-0.05, 0) is 24.3 Å². The van der Waals surface area contributed by atoms with E-state index in [0.29, 0.717) is 11.5 Å². The van der Waals surface area contributed by atoms with Crippen molar-refractivity contribution in [2.75, 3.05) is 11.5 Å². The Hall–Kier alpha value is 0.140. The second-order valence-corrected chi connectivity index (χ2v) is 3.52. The van der Waals surface area contributed by atoms with Crippen LogP contribution in [0.15, 0.2) is 0 Å². The lowest BCUT2D eigenvalue weighted by Gasteiger charge is -2.31. The average molecular weight is 169 g/mol. The fourth-order valence-electron chi connectivity index (χ4n) is 0.754. The summed E-state index contributed by atoms with van der Waals surface area (Å²) in [5, 5.41) is 0. The Labute approximate surface area is 62.2 Å². The molecule has 0 bridgehead atoms. The SMILES string of the molecule is [CH2]C(C1CSC1)C(F)(F)F. The molecule has 1 aliphatic heterocycles. The third kappa shape index (κ3) is 1.59. The van der Waals surface area contributed by atoms with E-state index in [2.05, 4.69) is 6.92 Å². The van der Waals surface area contributed by atoms with Gasteiger partial charge in [0, 0.05) is 0 Å². The van der Waals surface area contributed by atoms with Crippen LogP contribution in [0.5, 0.6) is 0 Å². The molecule has 1 atom stereocenters. The molecule has 0 aliphatic carbocycles. The number of rotatable bonds is 1. The van der Waals surface area contributed by atoms with Gasteiger partial charge in [0.25, 0.3) is 0 Å². The zero-order valence-corrected chi connectivity index (χ0v) is 6.13. The van der Waals surface area contributed by atoms with Crippen molar-refractivity contribution >= 4 is 11.8 Å². The van der Waals surface area contributed by atoms with E-state index in [1.165, 1.54) is 0 Å². The zero-order valence-electron chi connectivity index (χ0n) is 5.32. The molecule has 1 heterocycles. The van der Waals surface area contributed by atoms with Gasteiger partial charge in [0.1, 0.15) is 0 Å². The molecule has 1 fully saturated rings. The Bertz CT molecular complexity index is 117. The molecule has 0 saturated carbocycles. The van der Waals surface area contributed by atoms with Crippen molar-refractivity contribution in [2.24, 2.45) is 11.8 Å². The molecule has 0 N–H and O–H groups in total. The molecule has 1 radical (unpaired) electrons. The quantitative estimate of drug-likeness (QED) is 0.580. The van der Waals surface area contributed by atoms with Crippen LogP contribution in [0, 0.1) is 18.8 Å². The second-order valence-electron chi connectivity index (χ2n) is 2.45. The maximum atomic E-state index is 11.8. The topological polar surface area (TPSA) is 0 Å². The van der Waals surface area contributed by atoms with Crippen molar-refractivity contribution < 1.29 is 13.2 Å². The van der Waals surface area contributed by atoms with E-state index in [9.17, 15) is 13.2 Å². The van der Waals surface area contributed by atoms with E-state index in [1.54, 1.807) is 11.8 Å². The predicted molar refractivity (Wildman–Crippen MR) is 35.7 cm³/mol. The lowest BCUT2D eigenvalue weighted by atomic mass is 9.96. The van der Waals surface area contributed by atoms with E-state index in [4.69, 9.17) is 0 Å². The van der Waals surface area contributed by atoms with Crippen molar-refractivity contribution in [1.82, 2.24) is 0 Å². The highest BCUT2D eigenvalue weighted by Crippen LogP contribution is 2.39. The minimum absolute atomic E-state index is 0.231. The van der Waals surface area contributed by atoms with Crippen LogP contribution >= 0.6 is 11.8 Å². The largest absolute Gasteiger partial charge is 0.392 e. The summed E-state index contributed by atoms with van der Waals surface area (Å²) in [6, 6.07) is 0. The lowest BCUT2D eigenvalue weighted by molar-refractivity contribution is -0.172. The number of hydrogen-bond donors (Lipinski definition) is 0. The summed E-state index contributed by atoms with van der Waals surface area (Å²) >= 11 is 1.55. The number of thioether (sulfide) groups is 1. The summed E-state index contributed by atoms with van der Waals surface area (Å²) in [4.78, 5) is 0. The molecule has 1 aliphatic rings. The molecule has 1 saturated heterocycles. The summed E-state index contributed by atoms with van der Waals surface area (Å²) in [6.07, 6.45) is -4.09. The van der Waals surface area contributed by atoms with Crippen LogP contribution in [0.4, 0.5) is 13.2 Å². The van der Waals surface area contributed by atoms with Crippen LogP contribution in [0.25, 0.3) is 0 Å². The standard InChI is InChI=1S/C6H8F3S/c1-4(6(7,8)9)5-2-10-3-5/h4-5H,1-3H2. The summed E-state index contributed by atoms with van der Waals surface area (Å²) in [5.74, 6) is -0.347. The highest BCUT2D eigenvalue weighted by atomic mass is 32.2. The molecule has 0 aromatic carbocycles. The van der Waals surface area contributed by atoms with Gasteiger partial charge in [-0.3, -0.25) is 0 Å². The molecule has 1 rings (SSSR count). The van der Waals surface area contributed by atoms with Gasteiger partial charge in [0.2, 0.25) is 0 Å². The average Bonchev–Trinajstić information content (AvgIpc) is 1.57. The van der Waals surface area contributed by atoms with Crippen LogP contribution < -0.4 is 0 Å². The van der Waals surface area contributed by atoms with Crippen molar-refractivity contribution in [3.8, 4) is 0 Å². The Balaban J connectivity index is 2.39. The highest BCUT2D eigenvalue weighted by Gasteiger charge is 2.43. The van der Waals surface area contributed by atoms with Gasteiger partial charge in [0.15, 0.2) is 0 Å². The first-order chi connectivity index (χ1) is 4.52. The molecule has 0 nitrogen and oxygen atoms in total. The molecule has 0 amide bonds. The van der Waals surface area contributed by atoms with Gasteiger partial charge >= 0.3 is 6.18 Å². The molecule has 0 spiro atoms. The molecule has 59 valence electrons. The van der Waals surface area contributed by atoms with Gasteiger partial charge < -0.3 is 0 Å². The summed E-state index contributed by atoms with van der Waals surface area (Å²) in [6.45, 7) is 3.09.